The maximum absolute atomic E-state index is 12.0. The quantitative estimate of drug-likeness (QED) is 0.586. The van der Waals surface area contributed by atoms with Gasteiger partial charge in [0.1, 0.15) is 0 Å². The highest BCUT2D eigenvalue weighted by Crippen LogP contribution is 2.19. The van der Waals surface area contributed by atoms with E-state index in [2.05, 4.69) is 10.3 Å². The number of benzene rings is 2. The van der Waals surface area contributed by atoms with E-state index in [-0.39, 0.29) is 12.8 Å². The number of nitrogens with one attached hydrogen (secondary N) is 1. The number of amides is 1. The molecule has 0 spiro atoms. The highest BCUT2D eigenvalue weighted by Gasteiger charge is 2.14. The summed E-state index contributed by atoms with van der Waals surface area (Å²) in [5.74, 6) is -1.37. The molecular weight excluding hydrogens is 354 g/mol. The van der Waals surface area contributed by atoms with Crippen molar-refractivity contribution in [3.63, 3.8) is 0 Å². The number of anilines is 1. The molecule has 0 saturated carbocycles. The Morgan fingerprint density at radius 2 is 1.82 bits per heavy atom. The molecule has 6 nitrogen and oxygen atoms in total. The van der Waals surface area contributed by atoms with Crippen LogP contribution in [0.2, 0.25) is 0 Å². The Morgan fingerprint density at radius 3 is 2.57 bits per heavy atom. The minimum absolute atomic E-state index is 0.0991. The largest absolute Gasteiger partial charge is 0.481 e. The number of fused-ring (bicyclic) bond motifs is 1. The standard InChI is InChI=1S/C22H21N3O3/c23-19(11-12-21(26)27)22(28)25-17-9-6-15(7-10-17)5-8-16-13-14-24-20-4-2-1-3-18(16)20/h1-10,13-14,19H,11-12,23H2,(H,25,28)(H,26,27)/b8-5+/t19-/m0/s1. The van der Waals surface area contributed by atoms with Gasteiger partial charge in [0, 0.05) is 23.7 Å². The first kappa shape index (κ1) is 19.3. The van der Waals surface area contributed by atoms with Crippen molar-refractivity contribution in [2.24, 2.45) is 5.73 Å². The highest BCUT2D eigenvalue weighted by atomic mass is 16.4. The zero-order chi connectivity index (χ0) is 19.9. The van der Waals surface area contributed by atoms with Crippen LogP contribution in [0, 0.1) is 0 Å². The lowest BCUT2D eigenvalue weighted by atomic mass is 10.1. The summed E-state index contributed by atoms with van der Waals surface area (Å²) in [6.45, 7) is 0. The zero-order valence-corrected chi connectivity index (χ0v) is 15.2. The molecule has 1 heterocycles. The van der Waals surface area contributed by atoms with E-state index < -0.39 is 17.9 Å². The summed E-state index contributed by atoms with van der Waals surface area (Å²) in [7, 11) is 0. The third kappa shape index (κ3) is 5.02. The predicted octanol–water partition coefficient (Wildman–Crippen LogP) is 3.54. The van der Waals surface area contributed by atoms with Gasteiger partial charge in [-0.05, 0) is 41.8 Å². The molecule has 0 fully saturated rings. The summed E-state index contributed by atoms with van der Waals surface area (Å²) in [5.41, 5.74) is 9.33. The van der Waals surface area contributed by atoms with Crippen LogP contribution in [0.3, 0.4) is 0 Å². The lowest BCUT2D eigenvalue weighted by molar-refractivity contribution is -0.137. The molecule has 1 amide bonds. The molecule has 0 aliphatic heterocycles. The topological polar surface area (TPSA) is 105 Å². The predicted molar refractivity (Wildman–Crippen MR) is 111 cm³/mol. The Hall–Kier alpha value is -3.51. The van der Waals surface area contributed by atoms with E-state index in [1.54, 1.807) is 18.3 Å². The van der Waals surface area contributed by atoms with Crippen molar-refractivity contribution in [2.45, 2.75) is 18.9 Å². The molecule has 6 heteroatoms. The van der Waals surface area contributed by atoms with Crippen LogP contribution in [0.5, 0.6) is 0 Å². The van der Waals surface area contributed by atoms with Gasteiger partial charge in [0.15, 0.2) is 0 Å². The van der Waals surface area contributed by atoms with Gasteiger partial charge in [-0.2, -0.15) is 0 Å². The molecule has 142 valence electrons. The van der Waals surface area contributed by atoms with Gasteiger partial charge in [-0.15, -0.1) is 0 Å². The number of pyridine rings is 1. The lowest BCUT2D eigenvalue weighted by Crippen LogP contribution is -2.36. The minimum Gasteiger partial charge on any atom is -0.481 e. The number of hydrogen-bond donors (Lipinski definition) is 3. The summed E-state index contributed by atoms with van der Waals surface area (Å²) in [6.07, 6.45) is 5.77. The second-order valence-electron chi connectivity index (χ2n) is 6.40. The average Bonchev–Trinajstić information content (AvgIpc) is 2.71. The van der Waals surface area contributed by atoms with E-state index in [1.807, 2.05) is 54.6 Å². The summed E-state index contributed by atoms with van der Waals surface area (Å²) in [4.78, 5) is 26.9. The monoisotopic (exact) mass is 375 g/mol. The van der Waals surface area contributed by atoms with Gasteiger partial charge in [0.25, 0.3) is 0 Å². The van der Waals surface area contributed by atoms with Crippen LogP contribution in [-0.4, -0.2) is 28.0 Å². The van der Waals surface area contributed by atoms with E-state index in [9.17, 15) is 9.59 Å². The molecule has 0 radical (unpaired) electrons. The first-order valence-electron chi connectivity index (χ1n) is 8.93. The maximum atomic E-state index is 12.0. The molecule has 3 aromatic rings. The number of hydrogen-bond acceptors (Lipinski definition) is 4. The van der Waals surface area contributed by atoms with Gasteiger partial charge >= 0.3 is 5.97 Å². The van der Waals surface area contributed by atoms with Crippen LogP contribution in [0.25, 0.3) is 23.1 Å². The number of nitrogens with two attached hydrogens (primary N) is 1. The molecule has 0 aliphatic rings. The summed E-state index contributed by atoms with van der Waals surface area (Å²) in [5, 5.41) is 12.4. The number of carbonyl (C=O) groups excluding carboxylic acids is 1. The van der Waals surface area contributed by atoms with E-state index in [4.69, 9.17) is 10.8 Å². The second-order valence-corrected chi connectivity index (χ2v) is 6.40. The number of aliphatic carboxylic acids is 1. The van der Waals surface area contributed by atoms with Crippen LogP contribution in [0.1, 0.15) is 24.0 Å². The number of rotatable bonds is 7. The first-order valence-corrected chi connectivity index (χ1v) is 8.93. The zero-order valence-electron chi connectivity index (χ0n) is 15.2. The van der Waals surface area contributed by atoms with Crippen LogP contribution < -0.4 is 11.1 Å². The third-order valence-corrected chi connectivity index (χ3v) is 4.32. The number of carbonyl (C=O) groups is 2. The van der Waals surface area contributed by atoms with Crippen molar-refractivity contribution in [3.8, 4) is 0 Å². The number of carboxylic acid groups (broad SMARTS) is 1. The van der Waals surface area contributed by atoms with Crippen molar-refractivity contribution in [1.29, 1.82) is 0 Å². The van der Waals surface area contributed by atoms with Gasteiger partial charge < -0.3 is 16.2 Å². The molecule has 1 atom stereocenters. The van der Waals surface area contributed by atoms with Crippen molar-refractivity contribution in [3.05, 3.63) is 71.9 Å². The van der Waals surface area contributed by atoms with E-state index in [1.165, 1.54) is 0 Å². The van der Waals surface area contributed by atoms with E-state index >= 15 is 0 Å². The smallest absolute Gasteiger partial charge is 0.303 e. The summed E-state index contributed by atoms with van der Waals surface area (Å²) < 4.78 is 0. The third-order valence-electron chi connectivity index (χ3n) is 4.32. The van der Waals surface area contributed by atoms with E-state index in [0.29, 0.717) is 5.69 Å². The van der Waals surface area contributed by atoms with Crippen molar-refractivity contribution in [2.75, 3.05) is 5.32 Å². The number of nitrogens with zero attached hydrogens (tertiary/aromatic N) is 1. The van der Waals surface area contributed by atoms with Gasteiger partial charge in [0.2, 0.25) is 5.91 Å². The normalized spacial score (nSPS) is 12.2. The van der Waals surface area contributed by atoms with Crippen molar-refractivity contribution < 1.29 is 14.7 Å². The molecular formula is C22H21N3O3. The molecule has 0 aliphatic carbocycles. The molecule has 4 N–H and O–H groups in total. The fourth-order valence-electron chi connectivity index (χ4n) is 2.77. The Morgan fingerprint density at radius 1 is 1.07 bits per heavy atom. The van der Waals surface area contributed by atoms with Crippen LogP contribution in [0.15, 0.2) is 60.8 Å². The van der Waals surface area contributed by atoms with E-state index in [0.717, 1.165) is 22.0 Å². The molecule has 0 unspecified atom stereocenters. The van der Waals surface area contributed by atoms with Gasteiger partial charge in [-0.3, -0.25) is 14.6 Å². The van der Waals surface area contributed by atoms with Crippen molar-refractivity contribution in [1.82, 2.24) is 4.98 Å². The fourth-order valence-corrected chi connectivity index (χ4v) is 2.77. The van der Waals surface area contributed by atoms with Crippen LogP contribution >= 0.6 is 0 Å². The number of para-hydroxylation sites is 1. The molecule has 0 bridgehead atoms. The summed E-state index contributed by atoms with van der Waals surface area (Å²) >= 11 is 0. The lowest BCUT2D eigenvalue weighted by Gasteiger charge is -2.11. The SMILES string of the molecule is N[C@@H](CCC(=O)O)C(=O)Nc1ccc(/C=C/c2ccnc3ccccc23)cc1. The molecule has 2 aromatic carbocycles. The molecule has 28 heavy (non-hydrogen) atoms. The van der Waals surface area contributed by atoms with Crippen LogP contribution in [-0.2, 0) is 9.59 Å². The van der Waals surface area contributed by atoms with Gasteiger partial charge in [0.05, 0.1) is 11.6 Å². The van der Waals surface area contributed by atoms with Crippen LogP contribution in [0.4, 0.5) is 5.69 Å². The van der Waals surface area contributed by atoms with Gasteiger partial charge in [-0.1, -0.05) is 42.5 Å². The second kappa shape index (κ2) is 8.92. The molecule has 0 saturated heterocycles. The highest BCUT2D eigenvalue weighted by molar-refractivity contribution is 5.95. The number of carboxylic acids is 1. The minimum atomic E-state index is -0.971. The summed E-state index contributed by atoms with van der Waals surface area (Å²) in [6, 6.07) is 16.4. The molecule has 1 aromatic heterocycles. The average molecular weight is 375 g/mol. The number of aromatic nitrogens is 1. The maximum Gasteiger partial charge on any atom is 0.303 e. The Balaban J connectivity index is 1.65. The Labute approximate surface area is 162 Å². The molecule has 3 rings (SSSR count). The van der Waals surface area contributed by atoms with Crippen molar-refractivity contribution >= 4 is 40.6 Å². The Bertz CT molecular complexity index is 1010. The fraction of sp³-hybridized carbons (Fsp3) is 0.136. The Kier molecular flexibility index (Phi) is 6.14. The van der Waals surface area contributed by atoms with Gasteiger partial charge in [-0.25, -0.2) is 0 Å². The first-order chi connectivity index (χ1) is 13.5.